The minimum atomic E-state index is -0.705. The standard InChI is InChI=1S/C14H18N2O4/c1-9-3-4-10(7-11(9)15)13(17)16-5-6-20-8-12(16)14(18)19-2/h3-4,7,12H,5-6,8,15H2,1-2H3. The van der Waals surface area contributed by atoms with Gasteiger partial charge in [-0.15, -0.1) is 0 Å². The zero-order valence-electron chi connectivity index (χ0n) is 11.6. The van der Waals surface area contributed by atoms with E-state index >= 15 is 0 Å². The van der Waals surface area contributed by atoms with Gasteiger partial charge in [-0.25, -0.2) is 4.79 Å². The van der Waals surface area contributed by atoms with Gasteiger partial charge in [0.25, 0.3) is 5.91 Å². The fraction of sp³-hybridized carbons (Fsp3) is 0.429. The molecule has 1 aliphatic rings. The molecule has 0 saturated carbocycles. The summed E-state index contributed by atoms with van der Waals surface area (Å²) in [6.07, 6.45) is 0. The number of rotatable bonds is 2. The normalized spacial score (nSPS) is 18.7. The minimum absolute atomic E-state index is 0.153. The lowest BCUT2D eigenvalue weighted by Crippen LogP contribution is -2.53. The molecule has 2 N–H and O–H groups in total. The number of amides is 1. The molecule has 1 fully saturated rings. The highest BCUT2D eigenvalue weighted by Gasteiger charge is 2.34. The van der Waals surface area contributed by atoms with Gasteiger partial charge >= 0.3 is 5.97 Å². The molecular formula is C14H18N2O4. The molecule has 0 aromatic heterocycles. The van der Waals surface area contributed by atoms with E-state index in [0.717, 1.165) is 5.56 Å². The van der Waals surface area contributed by atoms with E-state index in [1.54, 1.807) is 18.2 Å². The maximum atomic E-state index is 12.5. The van der Waals surface area contributed by atoms with Crippen LogP contribution in [0.15, 0.2) is 18.2 Å². The average Bonchev–Trinajstić information content (AvgIpc) is 2.48. The molecule has 1 aromatic rings. The summed E-state index contributed by atoms with van der Waals surface area (Å²) in [6, 6.07) is 4.42. The summed E-state index contributed by atoms with van der Waals surface area (Å²) in [5.41, 5.74) is 7.75. The van der Waals surface area contributed by atoms with Crippen molar-refractivity contribution in [3.05, 3.63) is 29.3 Å². The molecule has 0 spiro atoms. The first-order valence-electron chi connectivity index (χ1n) is 6.37. The van der Waals surface area contributed by atoms with Gasteiger partial charge in [0.2, 0.25) is 0 Å². The van der Waals surface area contributed by atoms with Crippen LogP contribution in [0.5, 0.6) is 0 Å². The van der Waals surface area contributed by atoms with E-state index in [1.165, 1.54) is 12.0 Å². The number of aryl methyl sites for hydroxylation is 1. The van der Waals surface area contributed by atoms with Crippen LogP contribution in [0.25, 0.3) is 0 Å². The third-order valence-corrected chi connectivity index (χ3v) is 3.39. The first kappa shape index (κ1) is 14.3. The number of nitrogens with zero attached hydrogens (tertiary/aromatic N) is 1. The van der Waals surface area contributed by atoms with Crippen LogP contribution in [0.3, 0.4) is 0 Å². The second-order valence-electron chi connectivity index (χ2n) is 4.68. The lowest BCUT2D eigenvalue weighted by atomic mass is 10.1. The van der Waals surface area contributed by atoms with E-state index in [9.17, 15) is 9.59 Å². The SMILES string of the molecule is COC(=O)C1COCCN1C(=O)c1ccc(C)c(N)c1. The van der Waals surface area contributed by atoms with E-state index in [0.29, 0.717) is 24.4 Å². The number of carbonyl (C=O) groups excluding carboxylic acids is 2. The van der Waals surface area contributed by atoms with Crippen LogP contribution in [0.1, 0.15) is 15.9 Å². The summed E-state index contributed by atoms with van der Waals surface area (Å²) in [7, 11) is 1.30. The summed E-state index contributed by atoms with van der Waals surface area (Å²) in [5, 5.41) is 0. The predicted octanol–water partition coefficient (Wildman–Crippen LogP) is 0.591. The van der Waals surface area contributed by atoms with E-state index < -0.39 is 12.0 Å². The number of hydrogen-bond donors (Lipinski definition) is 1. The Kier molecular flexibility index (Phi) is 4.24. The molecule has 108 valence electrons. The van der Waals surface area contributed by atoms with Gasteiger partial charge in [-0.1, -0.05) is 6.07 Å². The van der Waals surface area contributed by atoms with Crippen molar-refractivity contribution in [3.8, 4) is 0 Å². The van der Waals surface area contributed by atoms with Gasteiger partial charge in [0.1, 0.15) is 0 Å². The molecule has 1 atom stereocenters. The van der Waals surface area contributed by atoms with Gasteiger partial charge in [-0.3, -0.25) is 4.79 Å². The molecule has 1 amide bonds. The fourth-order valence-electron chi connectivity index (χ4n) is 2.12. The number of anilines is 1. The van der Waals surface area contributed by atoms with Gasteiger partial charge in [-0.05, 0) is 24.6 Å². The molecule has 0 radical (unpaired) electrons. The number of methoxy groups -OCH3 is 1. The highest BCUT2D eigenvalue weighted by Crippen LogP contribution is 2.18. The van der Waals surface area contributed by atoms with Crippen molar-refractivity contribution >= 4 is 17.6 Å². The molecule has 20 heavy (non-hydrogen) atoms. The zero-order chi connectivity index (χ0) is 14.7. The van der Waals surface area contributed by atoms with Crippen LogP contribution in [-0.4, -0.2) is 49.7 Å². The van der Waals surface area contributed by atoms with E-state index in [2.05, 4.69) is 0 Å². The topological polar surface area (TPSA) is 81.9 Å². The van der Waals surface area contributed by atoms with Gasteiger partial charge in [0.15, 0.2) is 6.04 Å². The Morgan fingerprint density at radius 3 is 2.85 bits per heavy atom. The second-order valence-corrected chi connectivity index (χ2v) is 4.68. The Morgan fingerprint density at radius 1 is 1.45 bits per heavy atom. The third-order valence-electron chi connectivity index (χ3n) is 3.39. The molecule has 6 nitrogen and oxygen atoms in total. The maximum absolute atomic E-state index is 12.5. The minimum Gasteiger partial charge on any atom is -0.467 e. The summed E-state index contributed by atoms with van der Waals surface area (Å²) in [4.78, 5) is 25.7. The average molecular weight is 278 g/mol. The Hall–Kier alpha value is -2.08. The largest absolute Gasteiger partial charge is 0.467 e. The first-order chi connectivity index (χ1) is 9.54. The Balaban J connectivity index is 2.25. The number of nitrogen functional groups attached to an aromatic ring is 1. The number of morpholine rings is 1. The molecule has 6 heteroatoms. The van der Waals surface area contributed by atoms with Crippen molar-refractivity contribution in [1.82, 2.24) is 4.90 Å². The van der Waals surface area contributed by atoms with Crippen molar-refractivity contribution in [3.63, 3.8) is 0 Å². The number of esters is 1. The lowest BCUT2D eigenvalue weighted by Gasteiger charge is -2.33. The number of carbonyl (C=O) groups is 2. The van der Waals surface area contributed by atoms with Crippen molar-refractivity contribution in [2.45, 2.75) is 13.0 Å². The number of nitrogens with two attached hydrogens (primary N) is 1. The molecule has 1 aliphatic heterocycles. The predicted molar refractivity (Wildman–Crippen MR) is 73.3 cm³/mol. The highest BCUT2D eigenvalue weighted by atomic mass is 16.5. The number of benzene rings is 1. The Bertz CT molecular complexity index is 530. The molecule has 0 bridgehead atoms. The monoisotopic (exact) mass is 278 g/mol. The van der Waals surface area contributed by atoms with Crippen LogP contribution >= 0.6 is 0 Å². The fourth-order valence-corrected chi connectivity index (χ4v) is 2.12. The van der Waals surface area contributed by atoms with Crippen molar-refractivity contribution in [2.24, 2.45) is 0 Å². The smallest absolute Gasteiger partial charge is 0.331 e. The summed E-state index contributed by atoms with van der Waals surface area (Å²) in [5.74, 6) is -0.714. The van der Waals surface area contributed by atoms with Crippen LogP contribution < -0.4 is 5.73 Å². The van der Waals surface area contributed by atoms with Crippen molar-refractivity contribution < 1.29 is 19.1 Å². The van der Waals surface area contributed by atoms with Crippen LogP contribution in [0.2, 0.25) is 0 Å². The van der Waals surface area contributed by atoms with E-state index in [4.69, 9.17) is 15.2 Å². The zero-order valence-corrected chi connectivity index (χ0v) is 11.6. The molecule has 1 heterocycles. The molecule has 1 aromatic carbocycles. The molecule has 1 unspecified atom stereocenters. The van der Waals surface area contributed by atoms with Crippen LogP contribution in [0, 0.1) is 6.92 Å². The van der Waals surface area contributed by atoms with E-state index in [-0.39, 0.29) is 12.5 Å². The summed E-state index contributed by atoms with van der Waals surface area (Å²) < 4.78 is 9.96. The van der Waals surface area contributed by atoms with Gasteiger partial charge in [-0.2, -0.15) is 0 Å². The van der Waals surface area contributed by atoms with Crippen LogP contribution in [0.4, 0.5) is 5.69 Å². The number of hydrogen-bond acceptors (Lipinski definition) is 5. The quantitative estimate of drug-likeness (QED) is 0.632. The van der Waals surface area contributed by atoms with Gasteiger partial charge < -0.3 is 20.1 Å². The number of ether oxygens (including phenoxy) is 2. The van der Waals surface area contributed by atoms with Gasteiger partial charge in [0, 0.05) is 17.8 Å². The highest BCUT2D eigenvalue weighted by molar-refractivity contribution is 5.97. The van der Waals surface area contributed by atoms with E-state index in [1.807, 2.05) is 6.92 Å². The molecule has 1 saturated heterocycles. The Labute approximate surface area is 117 Å². The molecule has 2 rings (SSSR count). The molecule has 0 aliphatic carbocycles. The summed E-state index contributed by atoms with van der Waals surface area (Å²) >= 11 is 0. The van der Waals surface area contributed by atoms with Crippen molar-refractivity contribution in [1.29, 1.82) is 0 Å². The lowest BCUT2D eigenvalue weighted by molar-refractivity contribution is -0.151. The van der Waals surface area contributed by atoms with Crippen LogP contribution in [-0.2, 0) is 14.3 Å². The van der Waals surface area contributed by atoms with Crippen molar-refractivity contribution in [2.75, 3.05) is 32.6 Å². The third kappa shape index (κ3) is 2.75. The first-order valence-corrected chi connectivity index (χ1v) is 6.37. The van der Waals surface area contributed by atoms with Gasteiger partial charge in [0.05, 0.1) is 20.3 Å². The molecular weight excluding hydrogens is 260 g/mol. The maximum Gasteiger partial charge on any atom is 0.331 e. The second kappa shape index (κ2) is 5.92. The summed E-state index contributed by atoms with van der Waals surface area (Å²) in [6.45, 7) is 2.78. The Morgan fingerprint density at radius 2 is 2.20 bits per heavy atom.